The second-order valence-electron chi connectivity index (χ2n) is 5.28. The van der Waals surface area contributed by atoms with Gasteiger partial charge in [0.1, 0.15) is 5.75 Å². The molecule has 0 fully saturated rings. The van der Waals surface area contributed by atoms with Crippen LogP contribution < -0.4 is 10.1 Å². The van der Waals surface area contributed by atoms with Gasteiger partial charge in [0.15, 0.2) is 0 Å². The van der Waals surface area contributed by atoms with Crippen molar-refractivity contribution in [3.63, 3.8) is 0 Å². The van der Waals surface area contributed by atoms with E-state index < -0.39 is 0 Å². The molecule has 0 saturated carbocycles. The van der Waals surface area contributed by atoms with E-state index in [0.29, 0.717) is 12.0 Å². The fraction of sp³-hybridized carbons (Fsp3) is 0.600. The third-order valence-electron chi connectivity index (χ3n) is 3.57. The largest absolute Gasteiger partial charge is 0.491 e. The van der Waals surface area contributed by atoms with Gasteiger partial charge in [-0.05, 0) is 62.9 Å². The Kier molecular flexibility index (Phi) is 3.72. The molecule has 0 bridgehead atoms. The predicted octanol–water partition coefficient (Wildman–Crippen LogP) is 3.63. The average Bonchev–Trinajstić information content (AvgIpc) is 2.29. The first kappa shape index (κ1) is 12.4. The molecule has 0 saturated heterocycles. The van der Waals surface area contributed by atoms with Crippen molar-refractivity contribution < 1.29 is 4.74 Å². The molecule has 0 radical (unpaired) electrons. The molecule has 1 N–H and O–H groups in total. The Morgan fingerprint density at radius 1 is 1.24 bits per heavy atom. The number of fused-ring (bicyclic) bond motifs is 1. The van der Waals surface area contributed by atoms with E-state index in [0.717, 1.165) is 5.75 Å². The fourth-order valence-corrected chi connectivity index (χ4v) is 2.68. The number of ether oxygens (including phenoxy) is 1. The van der Waals surface area contributed by atoms with Gasteiger partial charge in [-0.15, -0.1) is 0 Å². The van der Waals surface area contributed by atoms with Gasteiger partial charge >= 0.3 is 0 Å². The molecule has 2 nitrogen and oxygen atoms in total. The standard InChI is InChI=1S/C15H23NO/c1-10(2)17-12-6-7-13-11(3)5-8-15(16-4)14(13)9-12/h6-7,9-11,15-16H,5,8H2,1-4H3. The van der Waals surface area contributed by atoms with Gasteiger partial charge < -0.3 is 10.1 Å². The molecule has 0 amide bonds. The van der Waals surface area contributed by atoms with E-state index in [2.05, 4.69) is 44.3 Å². The number of hydrogen-bond acceptors (Lipinski definition) is 2. The molecular weight excluding hydrogens is 210 g/mol. The third-order valence-corrected chi connectivity index (χ3v) is 3.57. The summed E-state index contributed by atoms with van der Waals surface area (Å²) in [7, 11) is 2.04. The van der Waals surface area contributed by atoms with Crippen LogP contribution in [-0.2, 0) is 0 Å². The highest BCUT2D eigenvalue weighted by molar-refractivity contribution is 5.41. The fourth-order valence-electron chi connectivity index (χ4n) is 2.68. The first-order valence-electron chi connectivity index (χ1n) is 6.59. The maximum atomic E-state index is 5.78. The summed E-state index contributed by atoms with van der Waals surface area (Å²) < 4.78 is 5.78. The van der Waals surface area contributed by atoms with Crippen LogP contribution in [0.15, 0.2) is 18.2 Å². The molecule has 2 rings (SSSR count). The Balaban J connectivity index is 2.33. The summed E-state index contributed by atoms with van der Waals surface area (Å²) in [6, 6.07) is 7.04. The van der Waals surface area contributed by atoms with Gasteiger partial charge in [-0.3, -0.25) is 0 Å². The topological polar surface area (TPSA) is 21.3 Å². The lowest BCUT2D eigenvalue weighted by molar-refractivity contribution is 0.241. The van der Waals surface area contributed by atoms with E-state index in [1.54, 1.807) is 0 Å². The van der Waals surface area contributed by atoms with Gasteiger partial charge in [-0.25, -0.2) is 0 Å². The monoisotopic (exact) mass is 233 g/mol. The number of hydrogen-bond donors (Lipinski definition) is 1. The number of rotatable bonds is 3. The molecule has 2 unspecified atom stereocenters. The van der Waals surface area contributed by atoms with E-state index in [9.17, 15) is 0 Å². The van der Waals surface area contributed by atoms with Crippen LogP contribution in [0.3, 0.4) is 0 Å². The van der Waals surface area contributed by atoms with Crippen LogP contribution in [0.1, 0.15) is 56.7 Å². The van der Waals surface area contributed by atoms with Crippen molar-refractivity contribution in [2.75, 3.05) is 7.05 Å². The summed E-state index contributed by atoms with van der Waals surface area (Å²) in [5, 5.41) is 3.41. The lowest BCUT2D eigenvalue weighted by Gasteiger charge is -2.30. The van der Waals surface area contributed by atoms with Crippen molar-refractivity contribution in [1.29, 1.82) is 0 Å². The molecule has 17 heavy (non-hydrogen) atoms. The van der Waals surface area contributed by atoms with Gasteiger partial charge in [-0.2, -0.15) is 0 Å². The quantitative estimate of drug-likeness (QED) is 0.860. The smallest absolute Gasteiger partial charge is 0.120 e. The number of benzene rings is 1. The van der Waals surface area contributed by atoms with Gasteiger partial charge in [0.25, 0.3) is 0 Å². The van der Waals surface area contributed by atoms with Crippen molar-refractivity contribution in [2.24, 2.45) is 0 Å². The van der Waals surface area contributed by atoms with Crippen LogP contribution in [0.5, 0.6) is 5.75 Å². The summed E-state index contributed by atoms with van der Waals surface area (Å²) >= 11 is 0. The maximum absolute atomic E-state index is 5.78. The van der Waals surface area contributed by atoms with Crippen molar-refractivity contribution in [1.82, 2.24) is 5.32 Å². The molecule has 94 valence electrons. The number of nitrogens with one attached hydrogen (secondary N) is 1. The molecule has 1 aromatic carbocycles. The van der Waals surface area contributed by atoms with E-state index in [1.165, 1.54) is 24.0 Å². The van der Waals surface area contributed by atoms with Crippen molar-refractivity contribution in [2.45, 2.75) is 51.7 Å². The van der Waals surface area contributed by atoms with Gasteiger partial charge in [-0.1, -0.05) is 13.0 Å². The second-order valence-corrected chi connectivity index (χ2v) is 5.28. The Labute approximate surface area is 104 Å². The first-order chi connectivity index (χ1) is 8.11. The predicted molar refractivity (Wildman–Crippen MR) is 71.7 cm³/mol. The van der Waals surface area contributed by atoms with Crippen LogP contribution in [0.2, 0.25) is 0 Å². The summed E-state index contributed by atoms with van der Waals surface area (Å²) in [6.45, 7) is 6.45. The van der Waals surface area contributed by atoms with Crippen molar-refractivity contribution >= 4 is 0 Å². The van der Waals surface area contributed by atoms with Crippen LogP contribution in [-0.4, -0.2) is 13.2 Å². The van der Waals surface area contributed by atoms with Crippen LogP contribution in [0.25, 0.3) is 0 Å². The van der Waals surface area contributed by atoms with Gasteiger partial charge in [0, 0.05) is 6.04 Å². The Bertz CT molecular complexity index is 387. The molecule has 1 aliphatic rings. The third kappa shape index (κ3) is 2.63. The lowest BCUT2D eigenvalue weighted by Crippen LogP contribution is -2.23. The van der Waals surface area contributed by atoms with Crippen LogP contribution >= 0.6 is 0 Å². The minimum atomic E-state index is 0.238. The molecule has 0 aliphatic heterocycles. The van der Waals surface area contributed by atoms with Gasteiger partial charge in [0.2, 0.25) is 0 Å². The highest BCUT2D eigenvalue weighted by Gasteiger charge is 2.24. The molecular formula is C15H23NO. The summed E-state index contributed by atoms with van der Waals surface area (Å²) in [5.74, 6) is 1.66. The van der Waals surface area contributed by atoms with E-state index in [1.807, 2.05) is 7.05 Å². The van der Waals surface area contributed by atoms with Gasteiger partial charge in [0.05, 0.1) is 6.10 Å². The Morgan fingerprint density at radius 3 is 2.65 bits per heavy atom. The zero-order chi connectivity index (χ0) is 12.4. The molecule has 0 heterocycles. The molecule has 2 atom stereocenters. The summed E-state index contributed by atoms with van der Waals surface area (Å²) in [4.78, 5) is 0. The highest BCUT2D eigenvalue weighted by atomic mass is 16.5. The van der Waals surface area contributed by atoms with Crippen molar-refractivity contribution in [3.05, 3.63) is 29.3 Å². The molecule has 0 spiro atoms. The van der Waals surface area contributed by atoms with E-state index in [4.69, 9.17) is 4.74 Å². The lowest BCUT2D eigenvalue weighted by atomic mass is 9.81. The minimum absolute atomic E-state index is 0.238. The molecule has 1 aliphatic carbocycles. The Morgan fingerprint density at radius 2 is 2.00 bits per heavy atom. The highest BCUT2D eigenvalue weighted by Crippen LogP contribution is 2.38. The minimum Gasteiger partial charge on any atom is -0.491 e. The first-order valence-corrected chi connectivity index (χ1v) is 6.59. The zero-order valence-corrected chi connectivity index (χ0v) is 11.3. The van der Waals surface area contributed by atoms with E-state index in [-0.39, 0.29) is 6.10 Å². The van der Waals surface area contributed by atoms with Crippen molar-refractivity contribution in [3.8, 4) is 5.75 Å². The summed E-state index contributed by atoms with van der Waals surface area (Å²) in [6.07, 6.45) is 2.72. The zero-order valence-electron chi connectivity index (χ0n) is 11.3. The van der Waals surface area contributed by atoms with Crippen LogP contribution in [0, 0.1) is 0 Å². The maximum Gasteiger partial charge on any atom is 0.120 e. The molecule has 0 aromatic heterocycles. The van der Waals surface area contributed by atoms with Crippen LogP contribution in [0.4, 0.5) is 0 Å². The SMILES string of the molecule is CNC1CCC(C)c2ccc(OC(C)C)cc21. The molecule has 1 aromatic rings. The molecule has 2 heteroatoms. The Hall–Kier alpha value is -1.02. The second kappa shape index (κ2) is 5.09. The normalized spacial score (nSPS) is 23.6. The average molecular weight is 233 g/mol. The summed E-state index contributed by atoms with van der Waals surface area (Å²) in [5.41, 5.74) is 2.90. The van der Waals surface area contributed by atoms with E-state index >= 15 is 0 Å².